The van der Waals surface area contributed by atoms with Crippen LogP contribution in [0.25, 0.3) is 0 Å². The molecule has 0 radical (unpaired) electrons. The lowest BCUT2D eigenvalue weighted by Gasteiger charge is -2.10. The Labute approximate surface area is 122 Å². The standard InChI is InChI=1S/C13H9BrF2N4/c1-18-12-9(15)5-10(16)13(20-12)19-11-3-2-8(14)4-7(11)6-17/h2-5H,1H3,(H2,18,19,20). The lowest BCUT2D eigenvalue weighted by molar-refractivity contribution is 0.580. The zero-order chi connectivity index (χ0) is 14.7. The minimum atomic E-state index is -0.840. The van der Waals surface area contributed by atoms with E-state index < -0.39 is 11.6 Å². The van der Waals surface area contributed by atoms with Crippen LogP contribution in [0.4, 0.5) is 26.1 Å². The first-order valence-electron chi connectivity index (χ1n) is 5.55. The van der Waals surface area contributed by atoms with Crippen molar-refractivity contribution in [3.8, 4) is 6.07 Å². The van der Waals surface area contributed by atoms with E-state index in [1.165, 1.54) is 7.05 Å². The zero-order valence-electron chi connectivity index (χ0n) is 10.3. The van der Waals surface area contributed by atoms with E-state index in [4.69, 9.17) is 5.26 Å². The third-order valence-electron chi connectivity index (χ3n) is 2.52. The van der Waals surface area contributed by atoms with E-state index in [1.807, 2.05) is 6.07 Å². The van der Waals surface area contributed by atoms with Gasteiger partial charge in [-0.25, -0.2) is 13.8 Å². The molecule has 2 aromatic rings. The number of benzene rings is 1. The van der Waals surface area contributed by atoms with E-state index in [-0.39, 0.29) is 11.6 Å². The normalized spacial score (nSPS) is 9.95. The zero-order valence-corrected chi connectivity index (χ0v) is 11.9. The van der Waals surface area contributed by atoms with Gasteiger partial charge < -0.3 is 10.6 Å². The molecule has 1 heterocycles. The SMILES string of the molecule is CNc1nc(Nc2ccc(Br)cc2C#N)c(F)cc1F. The quantitative estimate of drug-likeness (QED) is 0.894. The highest BCUT2D eigenvalue weighted by molar-refractivity contribution is 9.10. The molecule has 4 nitrogen and oxygen atoms in total. The van der Waals surface area contributed by atoms with E-state index in [9.17, 15) is 8.78 Å². The molecule has 0 unspecified atom stereocenters. The second-order valence-corrected chi connectivity index (χ2v) is 4.74. The van der Waals surface area contributed by atoms with Crippen LogP contribution < -0.4 is 10.6 Å². The predicted octanol–water partition coefficient (Wildman–Crippen LogP) is 3.78. The van der Waals surface area contributed by atoms with Gasteiger partial charge in [-0.3, -0.25) is 0 Å². The summed E-state index contributed by atoms with van der Waals surface area (Å²) in [5.41, 5.74) is 0.701. The molecule has 2 rings (SSSR count). The molecule has 2 N–H and O–H groups in total. The monoisotopic (exact) mass is 338 g/mol. The van der Waals surface area contributed by atoms with E-state index in [0.717, 1.165) is 10.5 Å². The molecule has 102 valence electrons. The van der Waals surface area contributed by atoms with Crippen LogP contribution in [0.5, 0.6) is 0 Å². The van der Waals surface area contributed by atoms with Crippen molar-refractivity contribution in [3.63, 3.8) is 0 Å². The maximum absolute atomic E-state index is 13.7. The maximum Gasteiger partial charge on any atom is 0.169 e. The van der Waals surface area contributed by atoms with Gasteiger partial charge >= 0.3 is 0 Å². The molecular formula is C13H9BrF2N4. The summed E-state index contributed by atoms with van der Waals surface area (Å²) in [6.45, 7) is 0. The molecule has 7 heteroatoms. The Hall–Kier alpha value is -2.20. The number of nitrogens with zero attached hydrogens (tertiary/aromatic N) is 2. The molecule has 1 aromatic heterocycles. The van der Waals surface area contributed by atoms with Crippen molar-refractivity contribution < 1.29 is 8.78 Å². The van der Waals surface area contributed by atoms with Gasteiger partial charge in [-0.2, -0.15) is 5.26 Å². The summed E-state index contributed by atoms with van der Waals surface area (Å²) in [5.74, 6) is -1.86. The van der Waals surface area contributed by atoms with Gasteiger partial charge in [0.15, 0.2) is 23.3 Å². The molecule has 1 aromatic carbocycles. The molecule has 0 bridgehead atoms. The third kappa shape index (κ3) is 2.86. The van der Waals surface area contributed by atoms with Gasteiger partial charge in [-0.05, 0) is 18.2 Å². The number of hydrogen-bond acceptors (Lipinski definition) is 4. The van der Waals surface area contributed by atoms with Crippen LogP contribution in [0.3, 0.4) is 0 Å². The number of pyridine rings is 1. The van der Waals surface area contributed by atoms with Crippen molar-refractivity contribution in [1.29, 1.82) is 5.26 Å². The fourth-order valence-corrected chi connectivity index (χ4v) is 1.94. The van der Waals surface area contributed by atoms with Crippen molar-refractivity contribution in [2.75, 3.05) is 17.7 Å². The molecule has 0 amide bonds. The topological polar surface area (TPSA) is 60.7 Å². The lowest BCUT2D eigenvalue weighted by atomic mass is 10.2. The summed E-state index contributed by atoms with van der Waals surface area (Å²) in [4.78, 5) is 3.79. The minimum absolute atomic E-state index is 0.0791. The number of nitriles is 1. The van der Waals surface area contributed by atoms with Crippen LogP contribution in [-0.2, 0) is 0 Å². The Bertz CT molecular complexity index is 698. The van der Waals surface area contributed by atoms with Crippen LogP contribution in [-0.4, -0.2) is 12.0 Å². The van der Waals surface area contributed by atoms with Crippen molar-refractivity contribution in [1.82, 2.24) is 4.98 Å². The number of aromatic nitrogens is 1. The first kappa shape index (κ1) is 14.2. The first-order chi connectivity index (χ1) is 9.55. The summed E-state index contributed by atoms with van der Waals surface area (Å²) < 4.78 is 27.7. The molecule has 0 aliphatic heterocycles. The van der Waals surface area contributed by atoms with Gasteiger partial charge in [0, 0.05) is 17.6 Å². The summed E-state index contributed by atoms with van der Waals surface area (Å²) >= 11 is 3.24. The van der Waals surface area contributed by atoms with Crippen molar-refractivity contribution in [2.24, 2.45) is 0 Å². The first-order valence-corrected chi connectivity index (χ1v) is 6.35. The Morgan fingerprint density at radius 3 is 2.55 bits per heavy atom. The number of anilines is 3. The molecule has 0 aliphatic rings. The van der Waals surface area contributed by atoms with E-state index >= 15 is 0 Å². The predicted molar refractivity (Wildman–Crippen MR) is 75.8 cm³/mol. The highest BCUT2D eigenvalue weighted by Crippen LogP contribution is 2.26. The number of hydrogen-bond donors (Lipinski definition) is 2. The van der Waals surface area contributed by atoms with Gasteiger partial charge in [0.25, 0.3) is 0 Å². The Balaban J connectivity index is 2.43. The third-order valence-corrected chi connectivity index (χ3v) is 3.01. The van der Waals surface area contributed by atoms with Gasteiger partial charge in [-0.1, -0.05) is 15.9 Å². The number of halogens is 3. The van der Waals surface area contributed by atoms with Gasteiger partial charge in [-0.15, -0.1) is 0 Å². The highest BCUT2D eigenvalue weighted by Gasteiger charge is 2.12. The second kappa shape index (κ2) is 5.84. The van der Waals surface area contributed by atoms with Crippen LogP contribution >= 0.6 is 15.9 Å². The van der Waals surface area contributed by atoms with E-state index in [0.29, 0.717) is 11.3 Å². The summed E-state index contributed by atoms with van der Waals surface area (Å²) in [6, 6.07) is 7.60. The van der Waals surface area contributed by atoms with Crippen LogP contribution in [0, 0.1) is 23.0 Å². The highest BCUT2D eigenvalue weighted by atomic mass is 79.9. The van der Waals surface area contributed by atoms with Crippen LogP contribution in [0.2, 0.25) is 0 Å². The number of rotatable bonds is 3. The molecule has 0 saturated heterocycles. The molecule has 0 spiro atoms. The molecule has 0 saturated carbocycles. The van der Waals surface area contributed by atoms with Crippen molar-refractivity contribution in [2.45, 2.75) is 0 Å². The van der Waals surface area contributed by atoms with E-state index in [1.54, 1.807) is 18.2 Å². The Morgan fingerprint density at radius 1 is 1.20 bits per heavy atom. The van der Waals surface area contributed by atoms with Crippen molar-refractivity contribution >= 4 is 33.3 Å². The molecule has 0 aliphatic carbocycles. The van der Waals surface area contributed by atoms with Crippen molar-refractivity contribution in [3.05, 3.63) is 45.9 Å². The summed E-state index contributed by atoms with van der Waals surface area (Å²) in [7, 11) is 1.48. The lowest BCUT2D eigenvalue weighted by Crippen LogP contribution is -2.04. The minimum Gasteiger partial charge on any atom is -0.371 e. The van der Waals surface area contributed by atoms with Gasteiger partial charge in [0.2, 0.25) is 0 Å². The average molecular weight is 339 g/mol. The van der Waals surface area contributed by atoms with E-state index in [2.05, 4.69) is 31.5 Å². The molecule has 0 atom stereocenters. The maximum atomic E-state index is 13.7. The van der Waals surface area contributed by atoms with Gasteiger partial charge in [0.05, 0.1) is 11.3 Å². The van der Waals surface area contributed by atoms with Crippen LogP contribution in [0.15, 0.2) is 28.7 Å². The summed E-state index contributed by atoms with van der Waals surface area (Å²) in [6.07, 6.45) is 0. The van der Waals surface area contributed by atoms with Crippen LogP contribution in [0.1, 0.15) is 5.56 Å². The Morgan fingerprint density at radius 2 is 1.90 bits per heavy atom. The fourth-order valence-electron chi connectivity index (χ4n) is 1.58. The molecule has 0 fully saturated rings. The smallest absolute Gasteiger partial charge is 0.169 e. The average Bonchev–Trinajstić information content (AvgIpc) is 2.43. The molecule has 20 heavy (non-hydrogen) atoms. The fraction of sp³-hybridized carbons (Fsp3) is 0.0769. The largest absolute Gasteiger partial charge is 0.371 e. The second-order valence-electron chi connectivity index (χ2n) is 3.83. The number of nitrogens with one attached hydrogen (secondary N) is 2. The van der Waals surface area contributed by atoms with Gasteiger partial charge in [0.1, 0.15) is 6.07 Å². The summed E-state index contributed by atoms with van der Waals surface area (Å²) in [5, 5.41) is 14.2. The Kier molecular flexibility index (Phi) is 4.15. The molecular weight excluding hydrogens is 330 g/mol.